The molecule has 0 bridgehead atoms. The standard InChI is InChI=1S/C14H20N2O2/c17-14(18)13-5-1-3-12(11-13)4-2-8-16-9-6-15-7-10-16/h1,3,5,11,15H,2,4,6-10H2,(H,17,18). The zero-order chi connectivity index (χ0) is 12.8. The first-order chi connectivity index (χ1) is 8.75. The molecule has 1 heterocycles. The SMILES string of the molecule is O=C(O)c1cccc(CCCN2CCNCC2)c1. The lowest BCUT2D eigenvalue weighted by Crippen LogP contribution is -2.43. The lowest BCUT2D eigenvalue weighted by molar-refractivity contribution is 0.0696. The van der Waals surface area contributed by atoms with Crippen molar-refractivity contribution in [1.82, 2.24) is 10.2 Å². The summed E-state index contributed by atoms with van der Waals surface area (Å²) in [6.45, 7) is 5.49. The predicted octanol–water partition coefficient (Wildman–Crippen LogP) is 1.22. The van der Waals surface area contributed by atoms with E-state index in [1.54, 1.807) is 12.1 Å². The van der Waals surface area contributed by atoms with Crippen molar-refractivity contribution in [3.63, 3.8) is 0 Å². The number of nitrogens with zero attached hydrogens (tertiary/aromatic N) is 1. The van der Waals surface area contributed by atoms with E-state index >= 15 is 0 Å². The fourth-order valence-corrected chi connectivity index (χ4v) is 2.30. The van der Waals surface area contributed by atoms with Gasteiger partial charge in [0.25, 0.3) is 0 Å². The molecule has 1 aromatic rings. The van der Waals surface area contributed by atoms with Gasteiger partial charge >= 0.3 is 5.97 Å². The van der Waals surface area contributed by atoms with Crippen LogP contribution in [0.25, 0.3) is 0 Å². The van der Waals surface area contributed by atoms with Crippen molar-refractivity contribution in [2.75, 3.05) is 32.7 Å². The minimum Gasteiger partial charge on any atom is -0.478 e. The summed E-state index contributed by atoms with van der Waals surface area (Å²) in [5.41, 5.74) is 1.50. The number of nitrogens with one attached hydrogen (secondary N) is 1. The molecule has 18 heavy (non-hydrogen) atoms. The Morgan fingerprint density at radius 3 is 2.83 bits per heavy atom. The van der Waals surface area contributed by atoms with Gasteiger partial charge in [0.1, 0.15) is 0 Å². The van der Waals surface area contributed by atoms with Crippen LogP contribution in [0.5, 0.6) is 0 Å². The fourth-order valence-electron chi connectivity index (χ4n) is 2.30. The van der Waals surface area contributed by atoms with E-state index < -0.39 is 5.97 Å². The van der Waals surface area contributed by atoms with Gasteiger partial charge in [-0.3, -0.25) is 0 Å². The number of rotatable bonds is 5. The van der Waals surface area contributed by atoms with Gasteiger partial charge in [-0.05, 0) is 37.1 Å². The average Bonchev–Trinajstić information content (AvgIpc) is 2.40. The molecule has 1 aromatic carbocycles. The van der Waals surface area contributed by atoms with Gasteiger partial charge in [0.05, 0.1) is 5.56 Å². The van der Waals surface area contributed by atoms with Crippen LogP contribution in [0.2, 0.25) is 0 Å². The average molecular weight is 248 g/mol. The molecule has 4 nitrogen and oxygen atoms in total. The molecule has 1 fully saturated rings. The highest BCUT2D eigenvalue weighted by atomic mass is 16.4. The Labute approximate surface area is 108 Å². The Kier molecular flexibility index (Phi) is 4.73. The van der Waals surface area contributed by atoms with Crippen molar-refractivity contribution < 1.29 is 9.90 Å². The molecule has 1 saturated heterocycles. The number of piperazine rings is 1. The van der Waals surface area contributed by atoms with Crippen LogP contribution in [0, 0.1) is 0 Å². The highest BCUT2D eigenvalue weighted by molar-refractivity contribution is 5.87. The van der Waals surface area contributed by atoms with Crippen LogP contribution in [-0.4, -0.2) is 48.7 Å². The van der Waals surface area contributed by atoms with Crippen LogP contribution in [0.4, 0.5) is 0 Å². The van der Waals surface area contributed by atoms with Crippen LogP contribution in [0.15, 0.2) is 24.3 Å². The molecule has 98 valence electrons. The van der Waals surface area contributed by atoms with E-state index in [0.717, 1.165) is 51.1 Å². The number of hydrogen-bond acceptors (Lipinski definition) is 3. The first kappa shape index (κ1) is 13.1. The van der Waals surface area contributed by atoms with E-state index in [1.165, 1.54) is 0 Å². The zero-order valence-corrected chi connectivity index (χ0v) is 10.6. The summed E-state index contributed by atoms with van der Waals surface area (Å²) in [4.78, 5) is 13.3. The van der Waals surface area contributed by atoms with Gasteiger partial charge in [0, 0.05) is 26.2 Å². The van der Waals surface area contributed by atoms with Crippen LogP contribution < -0.4 is 5.32 Å². The van der Waals surface area contributed by atoms with Gasteiger partial charge in [-0.1, -0.05) is 12.1 Å². The molecule has 0 spiro atoms. The van der Waals surface area contributed by atoms with E-state index in [0.29, 0.717) is 5.56 Å². The lowest BCUT2D eigenvalue weighted by atomic mass is 10.1. The third-order valence-corrected chi connectivity index (χ3v) is 3.32. The maximum Gasteiger partial charge on any atom is 0.335 e. The summed E-state index contributed by atoms with van der Waals surface area (Å²) < 4.78 is 0. The molecule has 0 amide bonds. The summed E-state index contributed by atoms with van der Waals surface area (Å²) in [5.74, 6) is -0.848. The van der Waals surface area contributed by atoms with E-state index in [9.17, 15) is 4.79 Å². The molecule has 0 radical (unpaired) electrons. The minimum absolute atomic E-state index is 0.384. The zero-order valence-electron chi connectivity index (χ0n) is 10.6. The summed E-state index contributed by atoms with van der Waals surface area (Å²) in [6, 6.07) is 7.25. The maximum atomic E-state index is 10.9. The molecule has 4 heteroatoms. The second-order valence-corrected chi connectivity index (χ2v) is 4.70. The summed E-state index contributed by atoms with van der Waals surface area (Å²) in [5, 5.41) is 12.3. The first-order valence-electron chi connectivity index (χ1n) is 6.51. The second-order valence-electron chi connectivity index (χ2n) is 4.70. The van der Waals surface area contributed by atoms with Crippen LogP contribution >= 0.6 is 0 Å². The van der Waals surface area contributed by atoms with Crippen LogP contribution in [-0.2, 0) is 6.42 Å². The number of aryl methyl sites for hydroxylation is 1. The van der Waals surface area contributed by atoms with Crippen molar-refractivity contribution in [1.29, 1.82) is 0 Å². The fraction of sp³-hybridized carbons (Fsp3) is 0.500. The predicted molar refractivity (Wildman–Crippen MR) is 71.0 cm³/mol. The Balaban J connectivity index is 1.78. The third kappa shape index (κ3) is 3.82. The number of carbonyl (C=O) groups is 1. The van der Waals surface area contributed by atoms with Gasteiger partial charge < -0.3 is 15.3 Å². The largest absolute Gasteiger partial charge is 0.478 e. The summed E-state index contributed by atoms with van der Waals surface area (Å²) in [7, 11) is 0. The van der Waals surface area contributed by atoms with Gasteiger partial charge in [0.2, 0.25) is 0 Å². The Morgan fingerprint density at radius 1 is 1.33 bits per heavy atom. The highest BCUT2D eigenvalue weighted by Crippen LogP contribution is 2.08. The number of benzene rings is 1. The normalized spacial score (nSPS) is 16.7. The van der Waals surface area contributed by atoms with Gasteiger partial charge in [-0.25, -0.2) is 4.79 Å². The Bertz CT molecular complexity index is 401. The van der Waals surface area contributed by atoms with Crippen LogP contribution in [0.1, 0.15) is 22.3 Å². The number of carboxylic acid groups (broad SMARTS) is 1. The molecule has 0 saturated carbocycles. The Morgan fingerprint density at radius 2 is 2.11 bits per heavy atom. The molecule has 2 rings (SSSR count). The minimum atomic E-state index is -0.848. The molecule has 0 aliphatic carbocycles. The quantitative estimate of drug-likeness (QED) is 0.822. The maximum absolute atomic E-state index is 10.9. The molecule has 0 unspecified atom stereocenters. The molecular weight excluding hydrogens is 228 g/mol. The van der Waals surface area contributed by atoms with Gasteiger partial charge in [0.15, 0.2) is 0 Å². The molecule has 1 aliphatic rings. The highest BCUT2D eigenvalue weighted by Gasteiger charge is 2.09. The molecular formula is C14H20N2O2. The topological polar surface area (TPSA) is 52.6 Å². The molecule has 2 N–H and O–H groups in total. The molecule has 0 atom stereocenters. The van der Waals surface area contributed by atoms with Crippen molar-refractivity contribution >= 4 is 5.97 Å². The number of aromatic carboxylic acids is 1. The Hall–Kier alpha value is -1.39. The summed E-state index contributed by atoms with van der Waals surface area (Å²) >= 11 is 0. The van der Waals surface area contributed by atoms with Gasteiger partial charge in [-0.2, -0.15) is 0 Å². The number of hydrogen-bond donors (Lipinski definition) is 2. The van der Waals surface area contributed by atoms with Crippen molar-refractivity contribution in [3.05, 3.63) is 35.4 Å². The lowest BCUT2D eigenvalue weighted by Gasteiger charge is -2.27. The van der Waals surface area contributed by atoms with Crippen molar-refractivity contribution in [2.45, 2.75) is 12.8 Å². The molecule has 1 aliphatic heterocycles. The smallest absolute Gasteiger partial charge is 0.335 e. The van der Waals surface area contributed by atoms with Crippen molar-refractivity contribution in [3.8, 4) is 0 Å². The van der Waals surface area contributed by atoms with E-state index in [4.69, 9.17) is 5.11 Å². The monoisotopic (exact) mass is 248 g/mol. The van der Waals surface area contributed by atoms with Gasteiger partial charge in [-0.15, -0.1) is 0 Å². The molecule has 0 aromatic heterocycles. The van der Waals surface area contributed by atoms with E-state index in [2.05, 4.69) is 10.2 Å². The number of carboxylic acids is 1. The third-order valence-electron chi connectivity index (χ3n) is 3.32. The van der Waals surface area contributed by atoms with Crippen molar-refractivity contribution in [2.24, 2.45) is 0 Å². The van der Waals surface area contributed by atoms with E-state index in [1.807, 2.05) is 12.1 Å². The first-order valence-corrected chi connectivity index (χ1v) is 6.51. The summed E-state index contributed by atoms with van der Waals surface area (Å²) in [6.07, 6.45) is 2.04. The van der Waals surface area contributed by atoms with Crippen LogP contribution in [0.3, 0.4) is 0 Å². The van der Waals surface area contributed by atoms with E-state index in [-0.39, 0.29) is 0 Å². The second kappa shape index (κ2) is 6.52.